The molecule has 1 heterocycles. The van der Waals surface area contributed by atoms with Gasteiger partial charge >= 0.3 is 0 Å². The highest BCUT2D eigenvalue weighted by molar-refractivity contribution is 5.44. The monoisotopic (exact) mass is 204 g/mol. The van der Waals surface area contributed by atoms with Crippen LogP contribution in [0, 0.1) is 6.92 Å². The number of nitrogens with zero attached hydrogens (tertiary/aromatic N) is 1. The number of aromatic nitrogens is 1. The molecule has 0 spiro atoms. The molecule has 1 N–H and O–H groups in total. The van der Waals surface area contributed by atoms with Gasteiger partial charge in [-0.25, -0.2) is 4.98 Å². The van der Waals surface area contributed by atoms with Crippen molar-refractivity contribution in [2.45, 2.75) is 45.4 Å². The van der Waals surface area contributed by atoms with E-state index in [4.69, 9.17) is 0 Å². The van der Waals surface area contributed by atoms with Crippen molar-refractivity contribution in [3.05, 3.63) is 22.9 Å². The zero-order valence-electron chi connectivity index (χ0n) is 9.77. The number of aryl methyl sites for hydroxylation is 2. The maximum atomic E-state index is 4.57. The summed E-state index contributed by atoms with van der Waals surface area (Å²) < 4.78 is 0. The van der Waals surface area contributed by atoms with Crippen molar-refractivity contribution in [1.82, 2.24) is 4.98 Å². The molecule has 2 nitrogen and oxygen atoms in total. The molecule has 0 aliphatic heterocycles. The number of anilines is 1. The minimum absolute atomic E-state index is 1.02. The molecule has 0 saturated carbocycles. The maximum absolute atomic E-state index is 4.57. The van der Waals surface area contributed by atoms with Crippen LogP contribution in [0.15, 0.2) is 6.07 Å². The zero-order valence-corrected chi connectivity index (χ0v) is 9.77. The first-order valence-corrected chi connectivity index (χ1v) is 5.98. The third-order valence-corrected chi connectivity index (χ3v) is 3.30. The van der Waals surface area contributed by atoms with Gasteiger partial charge in [-0.3, -0.25) is 0 Å². The summed E-state index contributed by atoms with van der Waals surface area (Å²) in [5.74, 6) is 1.02. The van der Waals surface area contributed by atoms with E-state index in [2.05, 4.69) is 23.3 Å². The van der Waals surface area contributed by atoms with Gasteiger partial charge in [0.2, 0.25) is 0 Å². The Labute approximate surface area is 92.1 Å². The highest BCUT2D eigenvalue weighted by Crippen LogP contribution is 2.24. The second kappa shape index (κ2) is 4.65. The molecule has 2 heteroatoms. The molecule has 82 valence electrons. The molecule has 0 amide bonds. The van der Waals surface area contributed by atoms with Gasteiger partial charge in [-0.2, -0.15) is 0 Å². The maximum Gasteiger partial charge on any atom is 0.126 e. The van der Waals surface area contributed by atoms with Crippen LogP contribution < -0.4 is 5.32 Å². The quantitative estimate of drug-likeness (QED) is 0.760. The molecular weight excluding hydrogens is 184 g/mol. The fraction of sp³-hybridized carbons (Fsp3) is 0.615. The summed E-state index contributed by atoms with van der Waals surface area (Å²) in [6.07, 6.45) is 7.88. The van der Waals surface area contributed by atoms with E-state index in [0.717, 1.165) is 5.82 Å². The van der Waals surface area contributed by atoms with Crippen LogP contribution in [0.1, 0.15) is 42.5 Å². The van der Waals surface area contributed by atoms with Crippen molar-refractivity contribution in [3.63, 3.8) is 0 Å². The predicted octanol–water partition coefficient (Wildman–Crippen LogP) is 3.09. The van der Waals surface area contributed by atoms with Crippen molar-refractivity contribution in [2.75, 3.05) is 12.4 Å². The molecule has 0 bridgehead atoms. The average molecular weight is 204 g/mol. The Bertz CT molecular complexity index is 345. The summed E-state index contributed by atoms with van der Waals surface area (Å²) in [4.78, 5) is 4.57. The third-order valence-electron chi connectivity index (χ3n) is 3.30. The van der Waals surface area contributed by atoms with E-state index >= 15 is 0 Å². The lowest BCUT2D eigenvalue weighted by molar-refractivity contribution is 0.613. The standard InChI is InChI=1S/C13H20N2/c1-10-12-8-6-4-3-5-7-11(12)9-13(14-2)15-10/h9H,3-8H2,1-2H3,(H,14,15). The minimum atomic E-state index is 1.02. The molecule has 15 heavy (non-hydrogen) atoms. The summed E-state index contributed by atoms with van der Waals surface area (Å²) in [6, 6.07) is 2.23. The number of pyridine rings is 1. The molecular formula is C13H20N2. The molecule has 1 aliphatic rings. The Balaban J connectivity index is 2.37. The molecule has 0 atom stereocenters. The van der Waals surface area contributed by atoms with Crippen molar-refractivity contribution in [3.8, 4) is 0 Å². The molecule has 0 fully saturated rings. The van der Waals surface area contributed by atoms with E-state index in [1.54, 1.807) is 0 Å². The van der Waals surface area contributed by atoms with Crippen LogP contribution >= 0.6 is 0 Å². The Kier molecular flexibility index (Phi) is 3.24. The van der Waals surface area contributed by atoms with E-state index in [0.29, 0.717) is 0 Å². The summed E-state index contributed by atoms with van der Waals surface area (Å²) >= 11 is 0. The number of fused-ring (bicyclic) bond motifs is 1. The summed E-state index contributed by atoms with van der Waals surface area (Å²) in [5, 5.41) is 3.14. The molecule has 1 aromatic rings. The smallest absolute Gasteiger partial charge is 0.126 e. The molecule has 2 rings (SSSR count). The molecule has 1 aromatic heterocycles. The van der Waals surface area contributed by atoms with Crippen LogP contribution in [-0.4, -0.2) is 12.0 Å². The highest BCUT2D eigenvalue weighted by atomic mass is 15.0. The van der Waals surface area contributed by atoms with Crippen molar-refractivity contribution >= 4 is 5.82 Å². The molecule has 0 aromatic carbocycles. The van der Waals surface area contributed by atoms with E-state index in [1.807, 2.05) is 7.05 Å². The Morgan fingerprint density at radius 3 is 2.60 bits per heavy atom. The lowest BCUT2D eigenvalue weighted by Gasteiger charge is -2.16. The largest absolute Gasteiger partial charge is 0.373 e. The van der Waals surface area contributed by atoms with Crippen molar-refractivity contribution in [2.24, 2.45) is 0 Å². The lowest BCUT2D eigenvalue weighted by Crippen LogP contribution is -2.06. The highest BCUT2D eigenvalue weighted by Gasteiger charge is 2.11. The van der Waals surface area contributed by atoms with Crippen LogP contribution in [0.3, 0.4) is 0 Å². The topological polar surface area (TPSA) is 24.9 Å². The molecule has 1 aliphatic carbocycles. The first kappa shape index (κ1) is 10.5. The van der Waals surface area contributed by atoms with Crippen LogP contribution in [0.25, 0.3) is 0 Å². The lowest BCUT2D eigenvalue weighted by atomic mass is 9.93. The summed E-state index contributed by atoms with van der Waals surface area (Å²) in [5.41, 5.74) is 4.25. The first-order valence-electron chi connectivity index (χ1n) is 5.98. The van der Waals surface area contributed by atoms with Gasteiger partial charge in [0.15, 0.2) is 0 Å². The van der Waals surface area contributed by atoms with Crippen LogP contribution in [0.4, 0.5) is 5.82 Å². The fourth-order valence-corrected chi connectivity index (χ4v) is 2.43. The summed E-state index contributed by atoms with van der Waals surface area (Å²) in [6.45, 7) is 2.14. The van der Waals surface area contributed by atoms with Gasteiger partial charge in [0.05, 0.1) is 0 Å². The minimum Gasteiger partial charge on any atom is -0.373 e. The van der Waals surface area contributed by atoms with Crippen LogP contribution in [0.2, 0.25) is 0 Å². The Hall–Kier alpha value is -1.05. The van der Waals surface area contributed by atoms with Gasteiger partial charge in [-0.05, 0) is 49.8 Å². The van der Waals surface area contributed by atoms with Gasteiger partial charge < -0.3 is 5.32 Å². The summed E-state index contributed by atoms with van der Waals surface area (Å²) in [7, 11) is 1.94. The van der Waals surface area contributed by atoms with E-state index < -0.39 is 0 Å². The number of hydrogen-bond acceptors (Lipinski definition) is 2. The molecule has 0 saturated heterocycles. The van der Waals surface area contributed by atoms with Gasteiger partial charge in [0, 0.05) is 12.7 Å². The SMILES string of the molecule is CNc1cc2c(c(C)n1)CCCCCC2. The zero-order chi connectivity index (χ0) is 10.7. The molecule has 0 unspecified atom stereocenters. The van der Waals surface area contributed by atoms with Crippen LogP contribution in [-0.2, 0) is 12.8 Å². The number of rotatable bonds is 1. The van der Waals surface area contributed by atoms with Crippen molar-refractivity contribution < 1.29 is 0 Å². The average Bonchev–Trinajstić information content (AvgIpc) is 2.19. The van der Waals surface area contributed by atoms with Crippen LogP contribution in [0.5, 0.6) is 0 Å². The molecule has 0 radical (unpaired) electrons. The van der Waals surface area contributed by atoms with Gasteiger partial charge in [-0.1, -0.05) is 12.8 Å². The third kappa shape index (κ3) is 2.31. The normalized spacial score (nSPS) is 16.4. The van der Waals surface area contributed by atoms with E-state index in [1.165, 1.54) is 55.3 Å². The van der Waals surface area contributed by atoms with Gasteiger partial charge in [-0.15, -0.1) is 0 Å². The Morgan fingerprint density at radius 2 is 1.87 bits per heavy atom. The second-order valence-corrected chi connectivity index (χ2v) is 4.39. The van der Waals surface area contributed by atoms with Gasteiger partial charge in [0.1, 0.15) is 5.82 Å². The number of nitrogens with one attached hydrogen (secondary N) is 1. The number of hydrogen-bond donors (Lipinski definition) is 1. The van der Waals surface area contributed by atoms with E-state index in [9.17, 15) is 0 Å². The fourth-order valence-electron chi connectivity index (χ4n) is 2.43. The predicted molar refractivity (Wildman–Crippen MR) is 64.4 cm³/mol. The van der Waals surface area contributed by atoms with Crippen molar-refractivity contribution in [1.29, 1.82) is 0 Å². The first-order chi connectivity index (χ1) is 7.31. The van der Waals surface area contributed by atoms with E-state index in [-0.39, 0.29) is 0 Å². The Morgan fingerprint density at radius 1 is 1.13 bits per heavy atom. The van der Waals surface area contributed by atoms with Gasteiger partial charge in [0.25, 0.3) is 0 Å². The second-order valence-electron chi connectivity index (χ2n) is 4.39.